The highest BCUT2D eigenvalue weighted by atomic mass is 32.2. The first kappa shape index (κ1) is 20.7. The molecule has 32 heavy (non-hydrogen) atoms. The van der Waals surface area contributed by atoms with Crippen LogP contribution in [0.15, 0.2) is 65.5 Å². The van der Waals surface area contributed by atoms with Crippen molar-refractivity contribution < 1.29 is 14.3 Å². The minimum atomic E-state index is -1.58. The van der Waals surface area contributed by atoms with Crippen LogP contribution in [0.2, 0.25) is 0 Å². The number of ether oxygens (including phenoxy) is 1. The summed E-state index contributed by atoms with van der Waals surface area (Å²) in [6.45, 7) is 4.30. The van der Waals surface area contributed by atoms with Crippen LogP contribution in [0.4, 0.5) is 16.5 Å². The van der Waals surface area contributed by atoms with Gasteiger partial charge >= 0.3 is 0 Å². The molecule has 0 aliphatic carbocycles. The molecule has 0 radical (unpaired) electrons. The van der Waals surface area contributed by atoms with Crippen molar-refractivity contribution in [2.45, 2.75) is 16.7 Å². The van der Waals surface area contributed by atoms with Gasteiger partial charge in [-0.25, -0.2) is 0 Å². The lowest BCUT2D eigenvalue weighted by Gasteiger charge is -2.43. The molecule has 162 valence electrons. The second-order valence-corrected chi connectivity index (χ2v) is 9.44. The van der Waals surface area contributed by atoms with Crippen LogP contribution < -0.4 is 15.5 Å². The monoisotopic (exact) mass is 465 g/mol. The molecule has 2 N–H and O–H groups in total. The second kappa shape index (κ2) is 8.05. The Morgan fingerprint density at radius 1 is 1.22 bits per heavy atom. The summed E-state index contributed by atoms with van der Waals surface area (Å²) in [6.07, 6.45) is 1.66. The van der Waals surface area contributed by atoms with Gasteiger partial charge in [0.15, 0.2) is 4.34 Å². The van der Waals surface area contributed by atoms with Gasteiger partial charge in [-0.1, -0.05) is 65.6 Å². The number of benzene rings is 2. The van der Waals surface area contributed by atoms with Crippen LogP contribution in [0.3, 0.4) is 0 Å². The first-order valence-electron chi connectivity index (χ1n) is 9.85. The van der Waals surface area contributed by atoms with E-state index in [1.807, 2.05) is 48.5 Å². The normalized spacial score (nSPS) is 19.2. The lowest BCUT2D eigenvalue weighted by atomic mass is 9.97. The van der Waals surface area contributed by atoms with Gasteiger partial charge in [0.2, 0.25) is 11.0 Å². The van der Waals surface area contributed by atoms with Gasteiger partial charge in [-0.15, -0.1) is 16.8 Å². The van der Waals surface area contributed by atoms with Crippen molar-refractivity contribution in [3.63, 3.8) is 0 Å². The quantitative estimate of drug-likeness (QED) is 0.456. The molecule has 1 aromatic heterocycles. The largest absolute Gasteiger partial charge is 0.374 e. The molecule has 0 fully saturated rings. The van der Waals surface area contributed by atoms with Gasteiger partial charge in [0.05, 0.1) is 23.7 Å². The van der Waals surface area contributed by atoms with E-state index < -0.39 is 5.72 Å². The Labute approximate surface area is 192 Å². The molecule has 0 saturated heterocycles. The van der Waals surface area contributed by atoms with Crippen LogP contribution in [-0.2, 0) is 26.7 Å². The number of amides is 2. The van der Waals surface area contributed by atoms with Gasteiger partial charge in [0.1, 0.15) is 0 Å². The number of hydrogen-bond donors (Lipinski definition) is 1. The van der Waals surface area contributed by atoms with Gasteiger partial charge in [-0.2, -0.15) is 0 Å². The van der Waals surface area contributed by atoms with Crippen molar-refractivity contribution in [1.82, 2.24) is 10.2 Å². The summed E-state index contributed by atoms with van der Waals surface area (Å²) in [5.41, 5.74) is 6.92. The van der Waals surface area contributed by atoms with Crippen molar-refractivity contribution in [3.05, 3.63) is 72.3 Å². The molecule has 0 unspecified atom stereocenters. The lowest BCUT2D eigenvalue weighted by Crippen LogP contribution is -2.60. The Balaban J connectivity index is 1.61. The Bertz CT molecular complexity index is 1230. The molecule has 1 atom stereocenters. The SMILES string of the molecule is C=CCN1C(=O)[C@@]2(OCc3ccccc3N2C(=O)CSc2nnc(N)s2)c2ccccc21. The molecule has 0 bridgehead atoms. The number of rotatable bonds is 5. The predicted octanol–water partition coefficient (Wildman–Crippen LogP) is 3.16. The van der Waals surface area contributed by atoms with E-state index in [0.717, 1.165) is 5.56 Å². The molecular formula is C22H19N5O3S2. The van der Waals surface area contributed by atoms with Crippen LogP contribution in [0.1, 0.15) is 11.1 Å². The maximum Gasteiger partial charge on any atom is 0.286 e. The molecule has 8 nitrogen and oxygen atoms in total. The van der Waals surface area contributed by atoms with Gasteiger partial charge < -0.3 is 15.4 Å². The van der Waals surface area contributed by atoms with E-state index in [1.165, 1.54) is 28.0 Å². The number of carbonyl (C=O) groups is 2. The highest BCUT2D eigenvalue weighted by Gasteiger charge is 2.59. The third-order valence-corrected chi connectivity index (χ3v) is 7.25. The molecule has 2 aliphatic heterocycles. The van der Waals surface area contributed by atoms with Crippen molar-refractivity contribution in [2.24, 2.45) is 0 Å². The number of nitrogens with two attached hydrogens (primary N) is 1. The fraction of sp³-hybridized carbons (Fsp3) is 0.182. The van der Waals surface area contributed by atoms with Crippen molar-refractivity contribution in [1.29, 1.82) is 0 Å². The number of para-hydroxylation sites is 2. The topological polar surface area (TPSA) is 102 Å². The molecule has 0 saturated carbocycles. The van der Waals surface area contributed by atoms with Crippen LogP contribution >= 0.6 is 23.1 Å². The smallest absolute Gasteiger partial charge is 0.286 e. The summed E-state index contributed by atoms with van der Waals surface area (Å²) < 4.78 is 6.87. The number of aromatic nitrogens is 2. The molecule has 3 aromatic rings. The van der Waals surface area contributed by atoms with E-state index in [9.17, 15) is 9.59 Å². The van der Waals surface area contributed by atoms with E-state index in [-0.39, 0.29) is 24.2 Å². The number of anilines is 3. The molecule has 2 aliphatic rings. The van der Waals surface area contributed by atoms with E-state index in [1.54, 1.807) is 11.0 Å². The summed E-state index contributed by atoms with van der Waals surface area (Å²) in [5.74, 6) is -0.545. The summed E-state index contributed by atoms with van der Waals surface area (Å²) in [5, 5.41) is 8.10. The average molecular weight is 466 g/mol. The minimum Gasteiger partial charge on any atom is -0.374 e. The number of nitrogens with zero attached hydrogens (tertiary/aromatic N) is 4. The molecule has 2 amide bonds. The predicted molar refractivity (Wildman–Crippen MR) is 124 cm³/mol. The highest BCUT2D eigenvalue weighted by Crippen LogP contribution is 2.50. The maximum absolute atomic E-state index is 13.8. The minimum absolute atomic E-state index is 0.0466. The molecule has 3 heterocycles. The van der Waals surface area contributed by atoms with E-state index >= 15 is 0 Å². The molecular weight excluding hydrogens is 446 g/mol. The third kappa shape index (κ3) is 3.10. The number of nitrogen functional groups attached to an aromatic ring is 1. The van der Waals surface area contributed by atoms with Crippen molar-refractivity contribution in [2.75, 3.05) is 27.8 Å². The van der Waals surface area contributed by atoms with Crippen LogP contribution in [-0.4, -0.2) is 34.3 Å². The third-order valence-electron chi connectivity index (χ3n) is 5.38. The average Bonchev–Trinajstić information content (AvgIpc) is 3.33. The zero-order chi connectivity index (χ0) is 22.3. The van der Waals surface area contributed by atoms with E-state index in [4.69, 9.17) is 10.5 Å². The number of fused-ring (bicyclic) bond motifs is 3. The first-order valence-corrected chi connectivity index (χ1v) is 11.7. The van der Waals surface area contributed by atoms with Crippen molar-refractivity contribution in [3.8, 4) is 0 Å². The number of carbonyl (C=O) groups excluding carboxylic acids is 2. The number of hydrogen-bond acceptors (Lipinski definition) is 8. The maximum atomic E-state index is 13.8. The Morgan fingerprint density at radius 2 is 1.97 bits per heavy atom. The second-order valence-electron chi connectivity index (χ2n) is 7.21. The van der Waals surface area contributed by atoms with Gasteiger partial charge in [0.25, 0.3) is 11.6 Å². The van der Waals surface area contributed by atoms with E-state index in [0.29, 0.717) is 33.0 Å². The van der Waals surface area contributed by atoms with Crippen LogP contribution in [0.25, 0.3) is 0 Å². The lowest BCUT2D eigenvalue weighted by molar-refractivity contribution is -0.152. The Hall–Kier alpha value is -3.21. The number of thioether (sulfide) groups is 1. The zero-order valence-electron chi connectivity index (χ0n) is 16.9. The molecule has 5 rings (SSSR count). The van der Waals surface area contributed by atoms with Gasteiger partial charge in [-0.3, -0.25) is 14.5 Å². The summed E-state index contributed by atoms with van der Waals surface area (Å²) in [7, 11) is 0. The molecule has 10 heteroatoms. The standard InChI is InChI=1S/C22H19N5O3S2/c1-2-11-26-17-10-6-4-8-15(17)22(19(26)29)27(16-9-5-3-7-14(16)12-30-22)18(28)13-31-21-25-24-20(23)32-21/h2-10H,1,11-13H2,(H2,23,24)/t22-/m0/s1. The fourth-order valence-corrected chi connectivity index (χ4v) is 5.60. The summed E-state index contributed by atoms with van der Waals surface area (Å²) >= 11 is 2.44. The summed E-state index contributed by atoms with van der Waals surface area (Å²) in [4.78, 5) is 30.6. The zero-order valence-corrected chi connectivity index (χ0v) is 18.6. The highest BCUT2D eigenvalue weighted by molar-refractivity contribution is 8.01. The van der Waals surface area contributed by atoms with Crippen LogP contribution in [0, 0.1) is 0 Å². The Morgan fingerprint density at radius 3 is 2.72 bits per heavy atom. The summed E-state index contributed by atoms with van der Waals surface area (Å²) in [6, 6.07) is 14.9. The molecule has 1 spiro atoms. The first-order chi connectivity index (χ1) is 15.6. The van der Waals surface area contributed by atoms with Gasteiger partial charge in [0, 0.05) is 17.7 Å². The van der Waals surface area contributed by atoms with E-state index in [2.05, 4.69) is 16.8 Å². The molecule has 2 aromatic carbocycles. The van der Waals surface area contributed by atoms with Crippen molar-refractivity contribution >= 4 is 51.4 Å². The Kier molecular flexibility index (Phi) is 5.20. The van der Waals surface area contributed by atoms with Crippen LogP contribution in [0.5, 0.6) is 0 Å². The van der Waals surface area contributed by atoms with Gasteiger partial charge in [-0.05, 0) is 12.1 Å². The fourth-order valence-electron chi connectivity index (χ4n) is 4.11.